The molecule has 3 rings (SSSR count). The molecule has 1 N–H and O–H groups in total. The van der Waals surface area contributed by atoms with Crippen molar-refractivity contribution in [3.8, 4) is 23.0 Å². The van der Waals surface area contributed by atoms with E-state index >= 15 is 0 Å². The largest absolute Gasteiger partial charge is 0.493 e. The third kappa shape index (κ3) is 2.22. The number of benzene rings is 1. The van der Waals surface area contributed by atoms with Gasteiger partial charge >= 0.3 is 0 Å². The molecule has 0 unspecified atom stereocenters. The summed E-state index contributed by atoms with van der Waals surface area (Å²) in [6, 6.07) is 5.79. The van der Waals surface area contributed by atoms with Gasteiger partial charge in [-0.15, -0.1) is 0 Å². The van der Waals surface area contributed by atoms with Crippen LogP contribution >= 0.6 is 0 Å². The molecule has 0 radical (unpaired) electrons. The number of nitrogens with zero attached hydrogens (tertiary/aromatic N) is 3. The molecule has 0 atom stereocenters. The molecule has 6 nitrogen and oxygen atoms in total. The maximum atomic E-state index is 5.32. The Kier molecular flexibility index (Phi) is 3.29. The first-order chi connectivity index (χ1) is 10.2. The highest BCUT2D eigenvalue weighted by molar-refractivity contribution is 5.82. The molecule has 0 aliphatic rings. The number of imidazole rings is 1. The van der Waals surface area contributed by atoms with Gasteiger partial charge in [0.15, 0.2) is 17.3 Å². The number of hydrogen-bond donors (Lipinski definition) is 1. The summed E-state index contributed by atoms with van der Waals surface area (Å²) >= 11 is 0. The van der Waals surface area contributed by atoms with Crippen LogP contribution in [0.3, 0.4) is 0 Å². The number of nitrogens with one attached hydrogen (secondary N) is 1. The molecule has 0 bridgehead atoms. The van der Waals surface area contributed by atoms with Crippen LogP contribution in [0.1, 0.15) is 12.6 Å². The first-order valence-corrected chi connectivity index (χ1v) is 6.82. The van der Waals surface area contributed by atoms with Crippen LogP contribution in [0.25, 0.3) is 22.6 Å². The highest BCUT2D eigenvalue weighted by Crippen LogP contribution is 2.32. The van der Waals surface area contributed by atoms with Gasteiger partial charge in [-0.3, -0.25) is 4.68 Å². The van der Waals surface area contributed by atoms with Crippen molar-refractivity contribution in [2.75, 3.05) is 14.2 Å². The van der Waals surface area contributed by atoms with Crippen molar-refractivity contribution < 1.29 is 9.47 Å². The Bertz CT molecular complexity index is 747. The van der Waals surface area contributed by atoms with Gasteiger partial charge in [-0.1, -0.05) is 0 Å². The van der Waals surface area contributed by atoms with Crippen molar-refractivity contribution in [1.82, 2.24) is 19.7 Å². The van der Waals surface area contributed by atoms with Crippen molar-refractivity contribution in [2.45, 2.75) is 20.4 Å². The molecule has 0 aliphatic carbocycles. The number of H-pyrrole nitrogens is 1. The Morgan fingerprint density at radius 2 is 1.86 bits per heavy atom. The van der Waals surface area contributed by atoms with E-state index in [2.05, 4.69) is 22.0 Å². The highest BCUT2D eigenvalue weighted by Gasteiger charge is 2.14. The van der Waals surface area contributed by atoms with E-state index in [0.717, 1.165) is 34.8 Å². The van der Waals surface area contributed by atoms with Crippen molar-refractivity contribution in [3.05, 3.63) is 23.9 Å². The van der Waals surface area contributed by atoms with E-state index in [1.54, 1.807) is 14.2 Å². The van der Waals surface area contributed by atoms with Gasteiger partial charge in [0.05, 0.1) is 30.9 Å². The molecule has 0 saturated carbocycles. The lowest BCUT2D eigenvalue weighted by Crippen LogP contribution is -1.99. The van der Waals surface area contributed by atoms with Crippen LogP contribution in [0, 0.1) is 6.92 Å². The van der Waals surface area contributed by atoms with Crippen LogP contribution in [0.2, 0.25) is 0 Å². The number of aromatic nitrogens is 4. The lowest BCUT2D eigenvalue weighted by atomic mass is 10.3. The second-order valence-electron chi connectivity index (χ2n) is 4.80. The zero-order chi connectivity index (χ0) is 15.0. The molecular weight excluding hydrogens is 268 g/mol. The summed E-state index contributed by atoms with van der Waals surface area (Å²) in [4.78, 5) is 7.96. The van der Waals surface area contributed by atoms with Gasteiger partial charge in [0.1, 0.15) is 5.69 Å². The summed E-state index contributed by atoms with van der Waals surface area (Å²) in [5.74, 6) is 2.14. The van der Waals surface area contributed by atoms with Crippen LogP contribution in [-0.2, 0) is 6.54 Å². The second kappa shape index (κ2) is 5.12. The maximum Gasteiger partial charge on any atom is 0.163 e. The molecule has 110 valence electrons. The minimum Gasteiger partial charge on any atom is -0.493 e. The Morgan fingerprint density at radius 1 is 1.14 bits per heavy atom. The Balaban J connectivity index is 2.16. The highest BCUT2D eigenvalue weighted by atomic mass is 16.5. The molecule has 0 spiro atoms. The summed E-state index contributed by atoms with van der Waals surface area (Å²) < 4.78 is 12.6. The first kappa shape index (κ1) is 13.5. The topological polar surface area (TPSA) is 65.0 Å². The number of rotatable bonds is 4. The number of methoxy groups -OCH3 is 2. The first-order valence-electron chi connectivity index (χ1n) is 6.82. The van der Waals surface area contributed by atoms with Gasteiger partial charge in [-0.2, -0.15) is 5.10 Å². The summed E-state index contributed by atoms with van der Waals surface area (Å²) in [6.07, 6.45) is 0. The van der Waals surface area contributed by atoms with Crippen molar-refractivity contribution in [3.63, 3.8) is 0 Å². The van der Waals surface area contributed by atoms with Crippen LogP contribution < -0.4 is 9.47 Å². The van der Waals surface area contributed by atoms with Gasteiger partial charge in [-0.05, 0) is 19.9 Å². The number of aryl methyl sites for hydroxylation is 2. The van der Waals surface area contributed by atoms with Crippen LogP contribution in [-0.4, -0.2) is 34.0 Å². The molecule has 0 aliphatic heterocycles. The smallest absolute Gasteiger partial charge is 0.163 e. The van der Waals surface area contributed by atoms with Crippen LogP contribution in [0.4, 0.5) is 0 Å². The Labute approximate surface area is 122 Å². The zero-order valence-electron chi connectivity index (χ0n) is 12.6. The molecular formula is C15H18N4O2. The molecule has 1 aromatic carbocycles. The third-order valence-corrected chi connectivity index (χ3v) is 3.43. The zero-order valence-corrected chi connectivity index (χ0v) is 12.6. The summed E-state index contributed by atoms with van der Waals surface area (Å²) in [5.41, 5.74) is 3.69. The van der Waals surface area contributed by atoms with E-state index in [9.17, 15) is 0 Å². The fraction of sp³-hybridized carbons (Fsp3) is 0.333. The van der Waals surface area contributed by atoms with E-state index in [-0.39, 0.29) is 0 Å². The summed E-state index contributed by atoms with van der Waals surface area (Å²) in [6.45, 7) is 4.84. The molecule has 2 aromatic heterocycles. The lowest BCUT2D eigenvalue weighted by Gasteiger charge is -2.06. The van der Waals surface area contributed by atoms with Gasteiger partial charge in [0, 0.05) is 18.7 Å². The van der Waals surface area contributed by atoms with Crippen molar-refractivity contribution in [2.24, 2.45) is 0 Å². The minimum absolute atomic E-state index is 0.670. The summed E-state index contributed by atoms with van der Waals surface area (Å²) in [7, 11) is 3.24. The molecule has 21 heavy (non-hydrogen) atoms. The summed E-state index contributed by atoms with van der Waals surface area (Å²) in [5, 5.41) is 4.45. The van der Waals surface area contributed by atoms with Gasteiger partial charge < -0.3 is 14.5 Å². The Morgan fingerprint density at radius 3 is 2.52 bits per heavy atom. The molecule has 0 saturated heterocycles. The number of aromatic amines is 1. The molecule has 0 fully saturated rings. The Hall–Kier alpha value is -2.50. The van der Waals surface area contributed by atoms with Gasteiger partial charge in [0.2, 0.25) is 0 Å². The van der Waals surface area contributed by atoms with E-state index in [0.29, 0.717) is 11.5 Å². The fourth-order valence-corrected chi connectivity index (χ4v) is 2.44. The standard InChI is InChI=1S/C15H18N4O2/c1-5-19-12(6-9(2)18-19)15-16-10-7-13(20-3)14(21-4)8-11(10)17-15/h6-8H,5H2,1-4H3,(H,16,17). The van der Waals surface area contributed by atoms with E-state index in [1.165, 1.54) is 0 Å². The average Bonchev–Trinajstić information content (AvgIpc) is 3.07. The lowest BCUT2D eigenvalue weighted by molar-refractivity contribution is 0.356. The monoisotopic (exact) mass is 286 g/mol. The maximum absolute atomic E-state index is 5.32. The quantitative estimate of drug-likeness (QED) is 0.801. The van der Waals surface area contributed by atoms with Crippen molar-refractivity contribution in [1.29, 1.82) is 0 Å². The minimum atomic E-state index is 0.670. The van der Waals surface area contributed by atoms with E-state index in [4.69, 9.17) is 9.47 Å². The molecule has 0 amide bonds. The third-order valence-electron chi connectivity index (χ3n) is 3.43. The van der Waals surface area contributed by atoms with Crippen LogP contribution in [0.5, 0.6) is 11.5 Å². The molecule has 3 aromatic rings. The fourth-order valence-electron chi connectivity index (χ4n) is 2.44. The normalized spacial score (nSPS) is 11.0. The predicted octanol–water partition coefficient (Wildman–Crippen LogP) is 2.77. The number of hydrogen-bond acceptors (Lipinski definition) is 4. The van der Waals surface area contributed by atoms with Gasteiger partial charge in [-0.25, -0.2) is 4.98 Å². The van der Waals surface area contributed by atoms with Crippen LogP contribution in [0.15, 0.2) is 18.2 Å². The number of ether oxygens (including phenoxy) is 2. The van der Waals surface area contributed by atoms with E-state index < -0.39 is 0 Å². The van der Waals surface area contributed by atoms with Crippen molar-refractivity contribution >= 4 is 11.0 Å². The molecule has 2 heterocycles. The van der Waals surface area contributed by atoms with E-state index in [1.807, 2.05) is 29.8 Å². The SMILES string of the molecule is CCn1nc(C)cc1-c1nc2cc(OC)c(OC)cc2[nH]1. The average molecular weight is 286 g/mol. The predicted molar refractivity (Wildman–Crippen MR) is 80.8 cm³/mol. The second-order valence-corrected chi connectivity index (χ2v) is 4.80. The van der Waals surface area contributed by atoms with Gasteiger partial charge in [0.25, 0.3) is 0 Å². The number of fused-ring (bicyclic) bond motifs is 1. The molecule has 6 heteroatoms.